The van der Waals surface area contributed by atoms with Crippen LogP contribution in [0.5, 0.6) is 0 Å². The Balaban J connectivity index is 1.89. The van der Waals surface area contributed by atoms with Crippen molar-refractivity contribution < 1.29 is 9.84 Å². The normalized spacial score (nSPS) is 23.5. The number of aromatic nitrogens is 1. The van der Waals surface area contributed by atoms with Crippen molar-refractivity contribution in [3.8, 4) is 0 Å². The fourth-order valence-electron chi connectivity index (χ4n) is 2.14. The molecule has 4 heteroatoms. The van der Waals surface area contributed by atoms with Gasteiger partial charge in [-0.05, 0) is 18.2 Å². The molecule has 1 fully saturated rings. The van der Waals surface area contributed by atoms with Gasteiger partial charge in [0.2, 0.25) is 0 Å². The first-order chi connectivity index (χ1) is 8.29. The van der Waals surface area contributed by atoms with Gasteiger partial charge in [-0.25, -0.2) is 0 Å². The van der Waals surface area contributed by atoms with E-state index < -0.39 is 6.10 Å². The highest BCUT2D eigenvalue weighted by atomic mass is 16.5. The van der Waals surface area contributed by atoms with E-state index in [1.807, 2.05) is 12.1 Å². The topological polar surface area (TPSA) is 45.6 Å². The van der Waals surface area contributed by atoms with Crippen molar-refractivity contribution in [2.75, 3.05) is 26.2 Å². The molecule has 2 heterocycles. The molecule has 0 radical (unpaired) electrons. The maximum atomic E-state index is 10.2. The van der Waals surface area contributed by atoms with Crippen molar-refractivity contribution in [2.24, 2.45) is 0 Å². The quantitative estimate of drug-likeness (QED) is 0.836. The lowest BCUT2D eigenvalue weighted by molar-refractivity contribution is -0.0867. The van der Waals surface area contributed by atoms with Gasteiger partial charge in [0.05, 0.1) is 18.8 Å². The zero-order valence-corrected chi connectivity index (χ0v) is 10.2. The van der Waals surface area contributed by atoms with E-state index >= 15 is 0 Å². The molecule has 0 spiro atoms. The summed E-state index contributed by atoms with van der Waals surface area (Å²) in [5.74, 6) is 0. The average Bonchev–Trinajstić information content (AvgIpc) is 2.40. The molecule has 17 heavy (non-hydrogen) atoms. The molecule has 2 unspecified atom stereocenters. The molecule has 1 saturated heterocycles. The molecule has 0 aliphatic carbocycles. The van der Waals surface area contributed by atoms with Gasteiger partial charge >= 0.3 is 0 Å². The highest BCUT2D eigenvalue weighted by Crippen LogP contribution is 2.12. The zero-order chi connectivity index (χ0) is 12.1. The van der Waals surface area contributed by atoms with Gasteiger partial charge in [0.1, 0.15) is 0 Å². The molecular formula is C13H20N2O2. The summed E-state index contributed by atoms with van der Waals surface area (Å²) >= 11 is 0. The van der Waals surface area contributed by atoms with E-state index in [0.717, 1.165) is 25.2 Å². The monoisotopic (exact) mass is 236 g/mol. The van der Waals surface area contributed by atoms with Crippen LogP contribution < -0.4 is 0 Å². The Hall–Kier alpha value is -0.970. The van der Waals surface area contributed by atoms with Gasteiger partial charge in [-0.15, -0.1) is 0 Å². The summed E-state index contributed by atoms with van der Waals surface area (Å²) in [6, 6.07) is 3.87. The predicted molar refractivity (Wildman–Crippen MR) is 65.8 cm³/mol. The summed E-state index contributed by atoms with van der Waals surface area (Å²) in [6.07, 6.45) is 3.61. The number of likely N-dealkylation sites (N-methyl/N-ethyl adjacent to an activating group) is 1. The van der Waals surface area contributed by atoms with E-state index in [1.165, 1.54) is 0 Å². The second-order valence-corrected chi connectivity index (χ2v) is 4.44. The number of hydrogen-bond donors (Lipinski definition) is 1. The Morgan fingerprint density at radius 3 is 3.24 bits per heavy atom. The van der Waals surface area contributed by atoms with Crippen LogP contribution in [-0.2, 0) is 11.2 Å². The van der Waals surface area contributed by atoms with Crippen LogP contribution in [0.3, 0.4) is 0 Å². The Morgan fingerprint density at radius 1 is 1.65 bits per heavy atom. The standard InChI is InChI=1S/C13H20N2O2/c1-2-15-6-7-17-13(10-15)12(16)8-11-4-3-5-14-9-11/h3-5,9,12-13,16H,2,6-8,10H2,1H3. The van der Waals surface area contributed by atoms with E-state index in [4.69, 9.17) is 4.74 Å². The number of nitrogens with zero attached hydrogens (tertiary/aromatic N) is 2. The minimum Gasteiger partial charge on any atom is -0.390 e. The summed E-state index contributed by atoms with van der Waals surface area (Å²) in [5, 5.41) is 10.2. The fraction of sp³-hybridized carbons (Fsp3) is 0.615. The van der Waals surface area contributed by atoms with Gasteiger partial charge in [0.25, 0.3) is 0 Å². The van der Waals surface area contributed by atoms with Crippen LogP contribution in [0.4, 0.5) is 0 Å². The van der Waals surface area contributed by atoms with E-state index in [2.05, 4.69) is 16.8 Å². The number of aliphatic hydroxyl groups excluding tert-OH is 1. The van der Waals surface area contributed by atoms with E-state index in [0.29, 0.717) is 13.0 Å². The molecule has 4 nitrogen and oxygen atoms in total. The zero-order valence-electron chi connectivity index (χ0n) is 10.2. The van der Waals surface area contributed by atoms with E-state index in [-0.39, 0.29) is 6.10 Å². The first-order valence-electron chi connectivity index (χ1n) is 6.20. The van der Waals surface area contributed by atoms with Crippen molar-refractivity contribution in [3.05, 3.63) is 30.1 Å². The van der Waals surface area contributed by atoms with Gasteiger partial charge in [0.15, 0.2) is 0 Å². The van der Waals surface area contributed by atoms with Crippen molar-refractivity contribution in [2.45, 2.75) is 25.6 Å². The van der Waals surface area contributed by atoms with Crippen molar-refractivity contribution in [3.63, 3.8) is 0 Å². The Kier molecular flexibility index (Phi) is 4.48. The summed E-state index contributed by atoms with van der Waals surface area (Å²) in [4.78, 5) is 6.36. The van der Waals surface area contributed by atoms with Crippen LogP contribution in [0, 0.1) is 0 Å². The third-order valence-corrected chi connectivity index (χ3v) is 3.22. The van der Waals surface area contributed by atoms with Crippen molar-refractivity contribution in [1.82, 2.24) is 9.88 Å². The molecule has 94 valence electrons. The van der Waals surface area contributed by atoms with Gasteiger partial charge < -0.3 is 9.84 Å². The molecule has 0 saturated carbocycles. The number of morpholine rings is 1. The minimum absolute atomic E-state index is 0.0797. The van der Waals surface area contributed by atoms with Crippen molar-refractivity contribution >= 4 is 0 Å². The molecule has 0 aromatic carbocycles. The number of aliphatic hydroxyl groups is 1. The number of ether oxygens (including phenoxy) is 1. The molecule has 1 aromatic heterocycles. The third-order valence-electron chi connectivity index (χ3n) is 3.22. The third kappa shape index (κ3) is 3.49. The highest BCUT2D eigenvalue weighted by Gasteiger charge is 2.26. The van der Waals surface area contributed by atoms with Crippen LogP contribution in [0.1, 0.15) is 12.5 Å². The maximum absolute atomic E-state index is 10.2. The first kappa shape index (κ1) is 12.5. The maximum Gasteiger partial charge on any atom is 0.0964 e. The largest absolute Gasteiger partial charge is 0.390 e. The lowest BCUT2D eigenvalue weighted by atomic mass is 10.0. The molecule has 1 N–H and O–H groups in total. The molecule has 2 rings (SSSR count). The van der Waals surface area contributed by atoms with E-state index in [9.17, 15) is 5.11 Å². The van der Waals surface area contributed by atoms with E-state index in [1.54, 1.807) is 12.4 Å². The number of pyridine rings is 1. The SMILES string of the molecule is CCN1CCOC(C(O)Cc2cccnc2)C1. The molecule has 0 bridgehead atoms. The molecule has 1 aliphatic heterocycles. The fourth-order valence-corrected chi connectivity index (χ4v) is 2.14. The molecule has 0 amide bonds. The molecule has 1 aromatic rings. The summed E-state index contributed by atoms with van der Waals surface area (Å²) in [7, 11) is 0. The van der Waals surface area contributed by atoms with Gasteiger partial charge in [-0.2, -0.15) is 0 Å². The molecule has 2 atom stereocenters. The van der Waals surface area contributed by atoms with Crippen LogP contribution in [0.25, 0.3) is 0 Å². The van der Waals surface area contributed by atoms with Gasteiger partial charge in [-0.3, -0.25) is 9.88 Å². The van der Waals surface area contributed by atoms with Gasteiger partial charge in [-0.1, -0.05) is 13.0 Å². The van der Waals surface area contributed by atoms with Crippen LogP contribution in [0.15, 0.2) is 24.5 Å². The average molecular weight is 236 g/mol. The van der Waals surface area contributed by atoms with Crippen LogP contribution in [0.2, 0.25) is 0 Å². The minimum atomic E-state index is -0.450. The van der Waals surface area contributed by atoms with Crippen molar-refractivity contribution in [1.29, 1.82) is 0 Å². The highest BCUT2D eigenvalue weighted by molar-refractivity contribution is 5.10. The second-order valence-electron chi connectivity index (χ2n) is 4.44. The summed E-state index contributed by atoms with van der Waals surface area (Å²) in [5.41, 5.74) is 1.05. The van der Waals surface area contributed by atoms with Gasteiger partial charge in [0, 0.05) is 31.9 Å². The number of rotatable bonds is 4. The smallest absolute Gasteiger partial charge is 0.0964 e. The predicted octanol–water partition coefficient (Wildman–Crippen LogP) is 0.706. The first-order valence-corrected chi connectivity index (χ1v) is 6.20. The second kappa shape index (κ2) is 6.10. The van der Waals surface area contributed by atoms with Crippen LogP contribution >= 0.6 is 0 Å². The summed E-state index contributed by atoms with van der Waals surface area (Å²) in [6.45, 7) is 5.64. The molecular weight excluding hydrogens is 216 g/mol. The molecule has 1 aliphatic rings. The van der Waals surface area contributed by atoms with Crippen LogP contribution in [-0.4, -0.2) is 53.4 Å². The summed E-state index contributed by atoms with van der Waals surface area (Å²) < 4.78 is 5.63. The lowest BCUT2D eigenvalue weighted by Crippen LogP contribution is -2.48. The Morgan fingerprint density at radius 2 is 2.53 bits per heavy atom. The number of hydrogen-bond acceptors (Lipinski definition) is 4. The Labute approximate surface area is 102 Å². The lowest BCUT2D eigenvalue weighted by Gasteiger charge is -2.34. The Bertz CT molecular complexity index is 331.